The minimum absolute atomic E-state index is 0.182. The lowest BCUT2D eigenvalue weighted by Gasteiger charge is -2.25. The first-order valence-electron chi connectivity index (χ1n) is 10.4. The van der Waals surface area contributed by atoms with Gasteiger partial charge in [0.15, 0.2) is 11.6 Å². The van der Waals surface area contributed by atoms with Crippen LogP contribution in [0.4, 0.5) is 16.0 Å². The average Bonchev–Trinajstić information content (AvgIpc) is 3.59. The van der Waals surface area contributed by atoms with Crippen molar-refractivity contribution in [1.29, 1.82) is 0 Å². The molecule has 160 valence electrons. The van der Waals surface area contributed by atoms with E-state index in [4.69, 9.17) is 5.73 Å². The van der Waals surface area contributed by atoms with Gasteiger partial charge < -0.3 is 16.0 Å². The molecule has 0 atom stereocenters. The Morgan fingerprint density at radius 1 is 1.13 bits per heavy atom. The number of aryl methyl sites for hydroxylation is 1. The fraction of sp³-hybridized carbons (Fsp3) is 0.292. The van der Waals surface area contributed by atoms with E-state index in [1.165, 1.54) is 11.9 Å². The number of benzene rings is 2. The molecule has 0 spiro atoms. The smallest absolute Gasteiger partial charge is 0.221 e. The second-order valence-electron chi connectivity index (χ2n) is 7.96. The van der Waals surface area contributed by atoms with Gasteiger partial charge in [-0.25, -0.2) is 9.97 Å². The standard InChI is InChI=1S/C24H26FN5O/c1-16-4-2-3-5-19(16)14-30(20-10-11-20)24-22(25)23(28-15-29-24)27-13-18-8-6-17(7-9-18)12-21(26)31/h2-9,15,20H,10-14H2,1H3,(H2,26,31)(H,27,28,29). The van der Waals surface area contributed by atoms with Crippen molar-refractivity contribution >= 4 is 17.5 Å². The first-order chi connectivity index (χ1) is 15.0. The van der Waals surface area contributed by atoms with Crippen molar-refractivity contribution in [3.05, 3.63) is 82.9 Å². The van der Waals surface area contributed by atoms with E-state index in [0.29, 0.717) is 24.9 Å². The number of nitrogens with two attached hydrogens (primary N) is 1. The minimum atomic E-state index is -0.437. The average molecular weight is 420 g/mol. The lowest BCUT2D eigenvalue weighted by molar-refractivity contribution is -0.117. The number of rotatable bonds is 9. The van der Waals surface area contributed by atoms with Crippen LogP contribution >= 0.6 is 0 Å². The van der Waals surface area contributed by atoms with E-state index in [0.717, 1.165) is 29.5 Å². The number of carbonyl (C=O) groups is 1. The molecule has 1 saturated carbocycles. The van der Waals surface area contributed by atoms with Gasteiger partial charge in [0.2, 0.25) is 11.7 Å². The van der Waals surface area contributed by atoms with E-state index in [1.54, 1.807) is 0 Å². The highest BCUT2D eigenvalue weighted by Gasteiger charge is 2.32. The first-order valence-corrected chi connectivity index (χ1v) is 10.4. The number of primary amides is 1. The van der Waals surface area contributed by atoms with Crippen molar-refractivity contribution in [3.8, 4) is 0 Å². The second-order valence-corrected chi connectivity index (χ2v) is 7.96. The summed E-state index contributed by atoms with van der Waals surface area (Å²) in [6, 6.07) is 15.9. The lowest BCUT2D eigenvalue weighted by Crippen LogP contribution is -2.28. The second kappa shape index (κ2) is 9.12. The molecule has 1 aromatic heterocycles. The summed E-state index contributed by atoms with van der Waals surface area (Å²) in [6.45, 7) is 3.09. The maximum absolute atomic E-state index is 15.3. The summed E-state index contributed by atoms with van der Waals surface area (Å²) >= 11 is 0. The molecule has 1 aliphatic carbocycles. The van der Waals surface area contributed by atoms with E-state index in [1.807, 2.05) is 41.3 Å². The highest BCUT2D eigenvalue weighted by atomic mass is 19.1. The molecule has 0 radical (unpaired) electrons. The van der Waals surface area contributed by atoms with E-state index in [9.17, 15) is 4.79 Å². The summed E-state index contributed by atoms with van der Waals surface area (Å²) in [5.41, 5.74) is 9.37. The van der Waals surface area contributed by atoms with Crippen LogP contribution in [0, 0.1) is 12.7 Å². The summed E-state index contributed by atoms with van der Waals surface area (Å²) in [5, 5.41) is 3.07. The van der Waals surface area contributed by atoms with Crippen LogP contribution in [-0.4, -0.2) is 21.9 Å². The molecule has 31 heavy (non-hydrogen) atoms. The maximum Gasteiger partial charge on any atom is 0.221 e. The van der Waals surface area contributed by atoms with Crippen LogP contribution in [0.1, 0.15) is 35.1 Å². The van der Waals surface area contributed by atoms with Crippen molar-refractivity contribution in [3.63, 3.8) is 0 Å². The summed E-state index contributed by atoms with van der Waals surface area (Å²) in [5.74, 6) is -0.289. The molecule has 7 heteroatoms. The molecule has 6 nitrogen and oxygen atoms in total. The Bertz CT molecular complexity index is 1070. The quantitative estimate of drug-likeness (QED) is 0.552. The highest BCUT2D eigenvalue weighted by Crippen LogP contribution is 2.35. The number of hydrogen-bond donors (Lipinski definition) is 2. The van der Waals surface area contributed by atoms with Gasteiger partial charge >= 0.3 is 0 Å². The molecule has 0 saturated heterocycles. The number of nitrogens with zero attached hydrogens (tertiary/aromatic N) is 3. The molecule has 1 fully saturated rings. The third-order valence-corrected chi connectivity index (χ3v) is 5.49. The fourth-order valence-electron chi connectivity index (χ4n) is 3.58. The van der Waals surface area contributed by atoms with Crippen molar-refractivity contribution < 1.29 is 9.18 Å². The van der Waals surface area contributed by atoms with Crippen LogP contribution in [0.5, 0.6) is 0 Å². The Morgan fingerprint density at radius 3 is 2.52 bits per heavy atom. The first kappa shape index (κ1) is 20.8. The van der Waals surface area contributed by atoms with E-state index in [-0.39, 0.29) is 18.1 Å². The number of hydrogen-bond acceptors (Lipinski definition) is 5. The van der Waals surface area contributed by atoms with Gasteiger partial charge in [0.1, 0.15) is 6.33 Å². The third-order valence-electron chi connectivity index (χ3n) is 5.49. The molecular formula is C24H26FN5O. The number of carbonyl (C=O) groups excluding carboxylic acids is 1. The highest BCUT2D eigenvalue weighted by molar-refractivity contribution is 5.76. The van der Waals surface area contributed by atoms with Gasteiger partial charge in [-0.2, -0.15) is 4.39 Å². The molecule has 1 heterocycles. The zero-order chi connectivity index (χ0) is 21.8. The van der Waals surface area contributed by atoms with Crippen LogP contribution in [0.15, 0.2) is 54.9 Å². The van der Waals surface area contributed by atoms with Crippen LogP contribution in [0.3, 0.4) is 0 Å². The largest absolute Gasteiger partial charge is 0.369 e. The maximum atomic E-state index is 15.3. The predicted molar refractivity (Wildman–Crippen MR) is 119 cm³/mol. The van der Waals surface area contributed by atoms with Crippen molar-refractivity contribution in [2.45, 2.75) is 45.3 Å². The summed E-state index contributed by atoms with van der Waals surface area (Å²) in [7, 11) is 0. The molecule has 0 aliphatic heterocycles. The van der Waals surface area contributed by atoms with Crippen molar-refractivity contribution in [1.82, 2.24) is 9.97 Å². The number of anilines is 2. The predicted octanol–water partition coefficient (Wildman–Crippen LogP) is 3.73. The number of aromatic nitrogens is 2. The molecule has 3 aromatic rings. The van der Waals surface area contributed by atoms with Crippen LogP contribution < -0.4 is 16.0 Å². The molecule has 2 aromatic carbocycles. The molecule has 0 bridgehead atoms. The van der Waals surface area contributed by atoms with Crippen LogP contribution in [-0.2, 0) is 24.3 Å². The van der Waals surface area contributed by atoms with Gasteiger partial charge in [-0.3, -0.25) is 4.79 Å². The Morgan fingerprint density at radius 2 is 1.84 bits per heavy atom. The molecule has 1 aliphatic rings. The summed E-state index contributed by atoms with van der Waals surface area (Å²) in [4.78, 5) is 21.5. The number of nitrogens with one attached hydrogen (secondary N) is 1. The van der Waals surface area contributed by atoms with Crippen molar-refractivity contribution in [2.24, 2.45) is 5.73 Å². The number of halogens is 1. The van der Waals surface area contributed by atoms with Crippen LogP contribution in [0.2, 0.25) is 0 Å². The normalized spacial score (nSPS) is 13.1. The third kappa shape index (κ3) is 5.17. The minimum Gasteiger partial charge on any atom is -0.369 e. The Labute approximate surface area is 181 Å². The van der Waals surface area contributed by atoms with Crippen molar-refractivity contribution in [2.75, 3.05) is 10.2 Å². The monoisotopic (exact) mass is 419 g/mol. The van der Waals surface area contributed by atoms with Gasteiger partial charge in [0, 0.05) is 19.1 Å². The van der Waals surface area contributed by atoms with Gasteiger partial charge in [0.25, 0.3) is 0 Å². The topological polar surface area (TPSA) is 84.1 Å². The number of amides is 1. The van der Waals surface area contributed by atoms with Crippen LogP contribution in [0.25, 0.3) is 0 Å². The molecular weight excluding hydrogens is 393 g/mol. The van der Waals surface area contributed by atoms with E-state index < -0.39 is 5.82 Å². The Kier molecular flexibility index (Phi) is 6.11. The van der Waals surface area contributed by atoms with Gasteiger partial charge in [-0.15, -0.1) is 0 Å². The lowest BCUT2D eigenvalue weighted by atomic mass is 10.1. The summed E-state index contributed by atoms with van der Waals surface area (Å²) < 4.78 is 15.3. The zero-order valence-corrected chi connectivity index (χ0v) is 17.5. The molecule has 3 N–H and O–H groups in total. The molecule has 1 amide bonds. The van der Waals surface area contributed by atoms with E-state index in [2.05, 4.69) is 34.3 Å². The van der Waals surface area contributed by atoms with Gasteiger partial charge in [-0.1, -0.05) is 48.5 Å². The Balaban J connectivity index is 1.49. The fourth-order valence-corrected chi connectivity index (χ4v) is 3.58. The molecule has 4 rings (SSSR count). The Hall–Kier alpha value is -3.48. The van der Waals surface area contributed by atoms with Gasteiger partial charge in [-0.05, 0) is 42.0 Å². The van der Waals surface area contributed by atoms with E-state index >= 15 is 4.39 Å². The summed E-state index contributed by atoms with van der Waals surface area (Å²) in [6.07, 6.45) is 3.69. The zero-order valence-electron chi connectivity index (χ0n) is 17.5. The molecule has 0 unspecified atom stereocenters. The van der Waals surface area contributed by atoms with Gasteiger partial charge in [0.05, 0.1) is 6.42 Å². The SMILES string of the molecule is Cc1ccccc1CN(c1ncnc(NCc2ccc(CC(N)=O)cc2)c1F)C1CC1.